The molecule has 1 rings (SSSR count). The maximum atomic E-state index is 8.45. The summed E-state index contributed by atoms with van der Waals surface area (Å²) in [5.41, 5.74) is 0. The quantitative estimate of drug-likeness (QED) is 0.725. The Labute approximate surface area is 71.2 Å². The molecule has 0 amide bonds. The zero-order valence-electron chi connectivity index (χ0n) is 7.16. The fraction of sp³-hybridized carbons (Fsp3) is 0.500. The summed E-state index contributed by atoms with van der Waals surface area (Å²) in [7, 11) is 0. The second kappa shape index (κ2) is 3.88. The second-order valence-corrected chi connectivity index (χ2v) is 2.60. The van der Waals surface area contributed by atoms with Crippen molar-refractivity contribution in [3.8, 4) is 6.07 Å². The Bertz CT molecular complexity index is 287. The van der Waals surface area contributed by atoms with E-state index in [2.05, 4.69) is 16.4 Å². The highest BCUT2D eigenvalue weighted by Gasteiger charge is 2.02. The van der Waals surface area contributed by atoms with Crippen molar-refractivity contribution < 1.29 is 4.42 Å². The molecule has 1 atom stereocenters. The summed E-state index contributed by atoms with van der Waals surface area (Å²) in [6.07, 6.45) is 1.66. The van der Waals surface area contributed by atoms with Crippen LogP contribution in [0.3, 0.4) is 0 Å². The molecule has 0 bridgehead atoms. The van der Waals surface area contributed by atoms with Crippen molar-refractivity contribution >= 4 is 0 Å². The molecule has 4 nitrogen and oxygen atoms in total. The minimum absolute atomic E-state index is 0.169. The molecule has 1 heterocycles. The van der Waals surface area contributed by atoms with Crippen molar-refractivity contribution in [2.24, 2.45) is 0 Å². The van der Waals surface area contributed by atoms with Gasteiger partial charge in [-0.1, -0.05) is 0 Å². The lowest BCUT2D eigenvalue weighted by molar-refractivity contribution is 0.444. The Morgan fingerprint density at radius 2 is 2.58 bits per heavy atom. The molecule has 0 aliphatic rings. The topological polar surface area (TPSA) is 61.9 Å². The maximum absolute atomic E-state index is 8.45. The van der Waals surface area contributed by atoms with Gasteiger partial charge in [-0.3, -0.25) is 5.32 Å². The van der Waals surface area contributed by atoms with E-state index >= 15 is 0 Å². The molecule has 12 heavy (non-hydrogen) atoms. The fourth-order valence-electron chi connectivity index (χ4n) is 0.769. The van der Waals surface area contributed by atoms with Crippen LogP contribution in [-0.4, -0.2) is 11.0 Å². The number of nitriles is 1. The molecule has 0 saturated heterocycles. The van der Waals surface area contributed by atoms with E-state index in [4.69, 9.17) is 9.68 Å². The largest absolute Gasteiger partial charge is 0.445 e. The molecule has 0 aromatic carbocycles. The van der Waals surface area contributed by atoms with Crippen LogP contribution in [0.1, 0.15) is 18.6 Å². The summed E-state index contributed by atoms with van der Waals surface area (Å²) in [6.45, 7) is 4.13. The Kier molecular flexibility index (Phi) is 2.83. The number of nitrogens with zero attached hydrogens (tertiary/aromatic N) is 2. The van der Waals surface area contributed by atoms with Gasteiger partial charge in [-0.15, -0.1) is 0 Å². The highest BCUT2D eigenvalue weighted by Crippen LogP contribution is 2.00. The van der Waals surface area contributed by atoms with E-state index in [0.29, 0.717) is 12.4 Å². The highest BCUT2D eigenvalue weighted by molar-refractivity contribution is 4.92. The van der Waals surface area contributed by atoms with E-state index in [9.17, 15) is 0 Å². The first-order valence-corrected chi connectivity index (χ1v) is 3.76. The van der Waals surface area contributed by atoms with Gasteiger partial charge in [-0.2, -0.15) is 5.26 Å². The van der Waals surface area contributed by atoms with Gasteiger partial charge in [0.2, 0.25) is 5.89 Å². The van der Waals surface area contributed by atoms with Crippen molar-refractivity contribution in [1.82, 2.24) is 10.3 Å². The van der Waals surface area contributed by atoms with Gasteiger partial charge in [-0.05, 0) is 13.8 Å². The van der Waals surface area contributed by atoms with E-state index in [1.54, 1.807) is 13.1 Å². The normalized spacial score (nSPS) is 12.4. The minimum Gasteiger partial charge on any atom is -0.445 e. The van der Waals surface area contributed by atoms with Gasteiger partial charge >= 0.3 is 0 Å². The monoisotopic (exact) mass is 165 g/mol. The van der Waals surface area contributed by atoms with Crippen LogP contribution in [0.25, 0.3) is 0 Å². The molecule has 1 aromatic heterocycles. The van der Waals surface area contributed by atoms with Gasteiger partial charge in [0.05, 0.1) is 24.9 Å². The predicted molar refractivity (Wildman–Crippen MR) is 43.2 cm³/mol. The molecule has 4 heteroatoms. The Hall–Kier alpha value is -1.34. The molecule has 0 fully saturated rings. The van der Waals surface area contributed by atoms with Crippen LogP contribution in [0.5, 0.6) is 0 Å². The van der Waals surface area contributed by atoms with Gasteiger partial charge in [0.15, 0.2) is 0 Å². The number of oxazole rings is 1. The Balaban J connectivity index is 2.39. The lowest BCUT2D eigenvalue weighted by Crippen LogP contribution is -2.23. The van der Waals surface area contributed by atoms with Gasteiger partial charge in [0.25, 0.3) is 0 Å². The smallest absolute Gasteiger partial charge is 0.208 e. The summed E-state index contributed by atoms with van der Waals surface area (Å²) < 4.78 is 5.20. The van der Waals surface area contributed by atoms with Gasteiger partial charge < -0.3 is 4.42 Å². The minimum atomic E-state index is -0.169. The van der Waals surface area contributed by atoms with Crippen LogP contribution in [0.15, 0.2) is 10.6 Å². The van der Waals surface area contributed by atoms with Gasteiger partial charge in [-0.25, -0.2) is 4.98 Å². The molecule has 0 spiro atoms. The van der Waals surface area contributed by atoms with Crippen molar-refractivity contribution in [3.63, 3.8) is 0 Å². The summed E-state index contributed by atoms with van der Waals surface area (Å²) >= 11 is 0. The number of hydrogen-bond donors (Lipinski definition) is 1. The van der Waals surface area contributed by atoms with Crippen LogP contribution in [-0.2, 0) is 6.54 Å². The molecule has 0 aliphatic heterocycles. The molecule has 64 valence electrons. The average molecular weight is 165 g/mol. The molecule has 1 unspecified atom stereocenters. The van der Waals surface area contributed by atoms with Crippen molar-refractivity contribution in [1.29, 1.82) is 5.26 Å². The number of nitrogens with one attached hydrogen (secondary N) is 1. The van der Waals surface area contributed by atoms with E-state index in [1.165, 1.54) is 0 Å². The highest BCUT2D eigenvalue weighted by atomic mass is 16.4. The first-order valence-electron chi connectivity index (χ1n) is 3.76. The zero-order valence-corrected chi connectivity index (χ0v) is 7.16. The van der Waals surface area contributed by atoms with E-state index < -0.39 is 0 Å². The number of aryl methyl sites for hydroxylation is 1. The van der Waals surface area contributed by atoms with Crippen molar-refractivity contribution in [3.05, 3.63) is 17.8 Å². The summed E-state index contributed by atoms with van der Waals surface area (Å²) in [5, 5.41) is 11.4. The van der Waals surface area contributed by atoms with E-state index in [0.717, 1.165) is 5.76 Å². The third-order valence-electron chi connectivity index (χ3n) is 1.42. The standard InChI is InChI=1S/C8H11N3O/c1-6(3-9)10-5-8-11-4-7(2)12-8/h4,6,10H,5H2,1-2H3. The lowest BCUT2D eigenvalue weighted by Gasteiger charge is -2.01. The number of hydrogen-bond acceptors (Lipinski definition) is 4. The molecule has 0 radical (unpaired) electrons. The van der Waals surface area contributed by atoms with Crippen molar-refractivity contribution in [2.45, 2.75) is 26.4 Å². The number of aromatic nitrogens is 1. The van der Waals surface area contributed by atoms with Crippen molar-refractivity contribution in [2.75, 3.05) is 0 Å². The van der Waals surface area contributed by atoms with Crippen LogP contribution in [0.4, 0.5) is 0 Å². The predicted octanol–water partition coefficient (Wildman–Crippen LogP) is 0.985. The lowest BCUT2D eigenvalue weighted by atomic mass is 10.4. The first-order chi connectivity index (χ1) is 5.72. The molecule has 0 aliphatic carbocycles. The third kappa shape index (κ3) is 2.36. The van der Waals surface area contributed by atoms with Crippen LogP contribution in [0, 0.1) is 18.3 Å². The Morgan fingerprint density at radius 3 is 3.08 bits per heavy atom. The van der Waals surface area contributed by atoms with E-state index in [1.807, 2.05) is 6.92 Å². The molecule has 0 saturated carbocycles. The van der Waals surface area contributed by atoms with E-state index in [-0.39, 0.29) is 6.04 Å². The van der Waals surface area contributed by atoms with Crippen LogP contribution >= 0.6 is 0 Å². The van der Waals surface area contributed by atoms with Gasteiger partial charge in [0, 0.05) is 0 Å². The fourth-order valence-corrected chi connectivity index (χ4v) is 0.769. The SMILES string of the molecule is Cc1cnc(CNC(C)C#N)o1. The summed E-state index contributed by atoms with van der Waals surface area (Å²) in [6, 6.07) is 1.89. The molecular weight excluding hydrogens is 154 g/mol. The number of rotatable bonds is 3. The summed E-state index contributed by atoms with van der Waals surface area (Å²) in [5.74, 6) is 1.41. The molecule has 1 aromatic rings. The van der Waals surface area contributed by atoms with Gasteiger partial charge in [0.1, 0.15) is 5.76 Å². The zero-order chi connectivity index (χ0) is 8.97. The second-order valence-electron chi connectivity index (χ2n) is 2.60. The Morgan fingerprint density at radius 1 is 1.83 bits per heavy atom. The summed E-state index contributed by atoms with van der Waals surface area (Å²) in [4.78, 5) is 3.98. The molecule has 1 N–H and O–H groups in total. The first kappa shape index (κ1) is 8.75. The average Bonchev–Trinajstić information content (AvgIpc) is 2.47. The maximum Gasteiger partial charge on any atom is 0.208 e. The van der Waals surface area contributed by atoms with Crippen LogP contribution < -0.4 is 5.32 Å². The van der Waals surface area contributed by atoms with Crippen LogP contribution in [0.2, 0.25) is 0 Å². The molecular formula is C8H11N3O. The third-order valence-corrected chi connectivity index (χ3v) is 1.42.